The largest absolute Gasteiger partial charge is 0.491 e. The molecular formula is C8H10N2O4. The van der Waals surface area contributed by atoms with E-state index in [0.29, 0.717) is 5.69 Å². The normalized spacial score (nSPS) is 9.57. The second kappa shape index (κ2) is 3.82. The summed E-state index contributed by atoms with van der Waals surface area (Å²) in [6, 6.07) is 2.68. The van der Waals surface area contributed by atoms with Crippen LogP contribution in [0.1, 0.15) is 0 Å². The third kappa shape index (κ3) is 1.54. The van der Waals surface area contributed by atoms with E-state index in [0.717, 1.165) is 0 Å². The van der Waals surface area contributed by atoms with E-state index in [4.69, 9.17) is 15.2 Å². The molecule has 0 bridgehead atoms. The molecule has 0 heterocycles. The first-order valence-corrected chi connectivity index (χ1v) is 3.76. The molecule has 1 aromatic carbocycles. The monoisotopic (exact) mass is 198 g/mol. The number of hydrogen-bond acceptors (Lipinski definition) is 5. The quantitative estimate of drug-likeness (QED) is 0.447. The molecule has 0 aliphatic heterocycles. The lowest BCUT2D eigenvalue weighted by atomic mass is 10.2. The molecule has 76 valence electrons. The Bertz CT molecular complexity index is 365. The summed E-state index contributed by atoms with van der Waals surface area (Å²) in [5, 5.41) is 10.6. The highest BCUT2D eigenvalue weighted by molar-refractivity contribution is 5.68. The minimum atomic E-state index is -0.555. The summed E-state index contributed by atoms with van der Waals surface area (Å²) in [7, 11) is 2.70. The summed E-state index contributed by atoms with van der Waals surface area (Å²) >= 11 is 0. The third-order valence-corrected chi connectivity index (χ3v) is 1.73. The molecule has 0 spiro atoms. The molecule has 0 atom stereocenters. The minimum Gasteiger partial charge on any atom is -0.491 e. The lowest BCUT2D eigenvalue weighted by molar-refractivity contribution is -0.385. The topological polar surface area (TPSA) is 87.6 Å². The standard InChI is InChI=1S/C8H10N2O4/c1-13-7-5(9)3-4-6(10(11)12)8(7)14-2/h3-4H,9H2,1-2H3. The molecule has 0 aliphatic rings. The van der Waals surface area contributed by atoms with Gasteiger partial charge in [0.1, 0.15) is 0 Å². The van der Waals surface area contributed by atoms with Crippen LogP contribution < -0.4 is 15.2 Å². The van der Waals surface area contributed by atoms with Gasteiger partial charge in [0.15, 0.2) is 5.75 Å². The SMILES string of the molecule is COc1c(N)ccc([N+](=O)[O-])c1OC. The number of nitro groups is 1. The van der Waals surface area contributed by atoms with Gasteiger partial charge in [-0.05, 0) is 6.07 Å². The van der Waals surface area contributed by atoms with Crippen molar-refractivity contribution >= 4 is 11.4 Å². The molecule has 6 nitrogen and oxygen atoms in total. The highest BCUT2D eigenvalue weighted by Gasteiger charge is 2.21. The van der Waals surface area contributed by atoms with Crippen LogP contribution in [0.3, 0.4) is 0 Å². The number of ether oxygens (including phenoxy) is 2. The Kier molecular flexibility index (Phi) is 2.76. The van der Waals surface area contributed by atoms with Crippen molar-refractivity contribution in [2.45, 2.75) is 0 Å². The van der Waals surface area contributed by atoms with Crippen molar-refractivity contribution in [1.82, 2.24) is 0 Å². The van der Waals surface area contributed by atoms with Gasteiger partial charge < -0.3 is 15.2 Å². The van der Waals surface area contributed by atoms with Crippen LogP contribution >= 0.6 is 0 Å². The van der Waals surface area contributed by atoms with E-state index in [1.165, 1.54) is 26.4 Å². The van der Waals surface area contributed by atoms with E-state index >= 15 is 0 Å². The van der Waals surface area contributed by atoms with Crippen molar-refractivity contribution < 1.29 is 14.4 Å². The zero-order valence-electron chi connectivity index (χ0n) is 7.81. The number of anilines is 1. The van der Waals surface area contributed by atoms with Gasteiger partial charge in [-0.1, -0.05) is 0 Å². The molecule has 0 unspecified atom stereocenters. The molecule has 14 heavy (non-hydrogen) atoms. The molecule has 0 radical (unpaired) electrons. The lowest BCUT2D eigenvalue weighted by Crippen LogP contribution is -2.00. The Balaban J connectivity index is 3.40. The van der Waals surface area contributed by atoms with E-state index in [1.807, 2.05) is 0 Å². The fourth-order valence-electron chi connectivity index (χ4n) is 1.12. The van der Waals surface area contributed by atoms with E-state index in [1.54, 1.807) is 0 Å². The Morgan fingerprint density at radius 3 is 2.29 bits per heavy atom. The maximum Gasteiger partial charge on any atom is 0.315 e. The Hall–Kier alpha value is -1.98. The maximum absolute atomic E-state index is 10.6. The van der Waals surface area contributed by atoms with Gasteiger partial charge in [-0.15, -0.1) is 0 Å². The number of methoxy groups -OCH3 is 2. The Labute approximate surface area is 80.4 Å². The molecule has 2 N–H and O–H groups in total. The molecule has 0 amide bonds. The van der Waals surface area contributed by atoms with Gasteiger partial charge in [-0.25, -0.2) is 0 Å². The van der Waals surface area contributed by atoms with Crippen LogP contribution in [0.2, 0.25) is 0 Å². The first-order valence-electron chi connectivity index (χ1n) is 3.76. The summed E-state index contributed by atoms with van der Waals surface area (Å²) in [5.41, 5.74) is 5.68. The van der Waals surface area contributed by atoms with Gasteiger partial charge in [-0.2, -0.15) is 0 Å². The van der Waals surface area contributed by atoms with Gasteiger partial charge in [0.05, 0.1) is 24.8 Å². The minimum absolute atomic E-state index is 0.0394. The van der Waals surface area contributed by atoms with Crippen LogP contribution in [0.15, 0.2) is 12.1 Å². The average Bonchev–Trinajstić information content (AvgIpc) is 2.16. The van der Waals surface area contributed by atoms with Crippen LogP contribution in [0.5, 0.6) is 11.5 Å². The molecule has 1 aromatic rings. The number of rotatable bonds is 3. The summed E-state index contributed by atoms with van der Waals surface area (Å²) in [6.07, 6.45) is 0. The Morgan fingerprint density at radius 1 is 1.29 bits per heavy atom. The Morgan fingerprint density at radius 2 is 1.86 bits per heavy atom. The number of nitrogens with zero attached hydrogens (tertiary/aromatic N) is 1. The van der Waals surface area contributed by atoms with E-state index in [-0.39, 0.29) is 17.2 Å². The zero-order valence-corrected chi connectivity index (χ0v) is 7.81. The van der Waals surface area contributed by atoms with Crippen LogP contribution in [-0.4, -0.2) is 19.1 Å². The smallest absolute Gasteiger partial charge is 0.315 e. The first kappa shape index (κ1) is 10.1. The van der Waals surface area contributed by atoms with Crippen molar-refractivity contribution in [3.63, 3.8) is 0 Å². The van der Waals surface area contributed by atoms with E-state index in [2.05, 4.69) is 0 Å². The predicted octanol–water partition coefficient (Wildman–Crippen LogP) is 1.19. The first-order chi connectivity index (χ1) is 6.61. The summed E-state index contributed by atoms with van der Waals surface area (Å²) in [4.78, 5) is 10.0. The van der Waals surface area contributed by atoms with Crippen LogP contribution in [0, 0.1) is 10.1 Å². The average molecular weight is 198 g/mol. The molecule has 1 rings (SSSR count). The van der Waals surface area contributed by atoms with Crippen LogP contribution in [0.4, 0.5) is 11.4 Å². The van der Waals surface area contributed by atoms with Gasteiger partial charge >= 0.3 is 5.69 Å². The van der Waals surface area contributed by atoms with Gasteiger partial charge in [-0.3, -0.25) is 10.1 Å². The van der Waals surface area contributed by atoms with Gasteiger partial charge in [0.2, 0.25) is 5.75 Å². The van der Waals surface area contributed by atoms with Crippen molar-refractivity contribution in [2.75, 3.05) is 20.0 Å². The zero-order chi connectivity index (χ0) is 10.7. The van der Waals surface area contributed by atoms with Crippen molar-refractivity contribution in [1.29, 1.82) is 0 Å². The second-order valence-corrected chi connectivity index (χ2v) is 2.50. The van der Waals surface area contributed by atoms with Crippen LogP contribution in [0.25, 0.3) is 0 Å². The fraction of sp³-hybridized carbons (Fsp3) is 0.250. The molecule has 0 saturated carbocycles. The van der Waals surface area contributed by atoms with E-state index in [9.17, 15) is 10.1 Å². The molecule has 0 saturated heterocycles. The summed E-state index contributed by atoms with van der Waals surface area (Å²) < 4.78 is 9.77. The third-order valence-electron chi connectivity index (χ3n) is 1.73. The summed E-state index contributed by atoms with van der Waals surface area (Å²) in [6.45, 7) is 0. The number of nitrogen functional groups attached to an aromatic ring is 1. The number of nitro benzene ring substituents is 1. The molecule has 0 aliphatic carbocycles. The molecule has 0 fully saturated rings. The fourth-order valence-corrected chi connectivity index (χ4v) is 1.12. The van der Waals surface area contributed by atoms with Gasteiger partial charge in [0.25, 0.3) is 0 Å². The van der Waals surface area contributed by atoms with Crippen molar-refractivity contribution in [3.8, 4) is 11.5 Å². The van der Waals surface area contributed by atoms with Gasteiger partial charge in [0, 0.05) is 6.07 Å². The molecule has 0 aromatic heterocycles. The number of benzene rings is 1. The lowest BCUT2D eigenvalue weighted by Gasteiger charge is -2.09. The van der Waals surface area contributed by atoms with E-state index < -0.39 is 4.92 Å². The maximum atomic E-state index is 10.6. The van der Waals surface area contributed by atoms with Crippen LogP contribution in [-0.2, 0) is 0 Å². The predicted molar refractivity (Wildman–Crippen MR) is 50.6 cm³/mol. The van der Waals surface area contributed by atoms with Crippen molar-refractivity contribution in [3.05, 3.63) is 22.2 Å². The second-order valence-electron chi connectivity index (χ2n) is 2.50. The number of hydrogen-bond donors (Lipinski definition) is 1. The highest BCUT2D eigenvalue weighted by atomic mass is 16.6. The molecule has 6 heteroatoms. The van der Waals surface area contributed by atoms with Crippen molar-refractivity contribution in [2.24, 2.45) is 0 Å². The number of nitrogens with two attached hydrogens (primary N) is 1. The molecular weight excluding hydrogens is 188 g/mol. The summed E-state index contributed by atoms with van der Waals surface area (Å²) in [5.74, 6) is 0.221. The highest BCUT2D eigenvalue weighted by Crippen LogP contribution is 2.40.